The molecule has 0 saturated heterocycles. The van der Waals surface area contributed by atoms with Crippen LogP contribution >= 0.6 is 0 Å². The number of nitrogens with one attached hydrogen (secondary N) is 1. The number of carbonyl (C=O) groups is 1. The summed E-state index contributed by atoms with van der Waals surface area (Å²) in [6.07, 6.45) is 6.82. The van der Waals surface area contributed by atoms with Gasteiger partial charge in [-0.2, -0.15) is 5.10 Å². The second-order valence-corrected chi connectivity index (χ2v) is 8.47. The lowest BCUT2D eigenvalue weighted by Crippen LogP contribution is -2.43. The van der Waals surface area contributed by atoms with Gasteiger partial charge < -0.3 is 10.1 Å². The van der Waals surface area contributed by atoms with E-state index in [1.807, 2.05) is 18.2 Å². The van der Waals surface area contributed by atoms with E-state index in [9.17, 15) is 9.59 Å². The van der Waals surface area contributed by atoms with Gasteiger partial charge in [-0.05, 0) is 68.1 Å². The second-order valence-electron chi connectivity index (χ2n) is 8.47. The fourth-order valence-electron chi connectivity index (χ4n) is 5.03. The Bertz CT molecular complexity index is 976. The van der Waals surface area contributed by atoms with Crippen molar-refractivity contribution in [2.24, 2.45) is 0 Å². The van der Waals surface area contributed by atoms with E-state index in [1.54, 1.807) is 10.7 Å². The van der Waals surface area contributed by atoms with Crippen LogP contribution in [0.3, 0.4) is 0 Å². The molecule has 1 N–H and O–H groups in total. The summed E-state index contributed by atoms with van der Waals surface area (Å²) in [4.78, 5) is 25.3. The third kappa shape index (κ3) is 3.62. The van der Waals surface area contributed by atoms with E-state index in [2.05, 4.69) is 16.5 Å². The van der Waals surface area contributed by atoms with Gasteiger partial charge in [0.1, 0.15) is 0 Å². The summed E-state index contributed by atoms with van der Waals surface area (Å²) in [5, 5.41) is 7.84. The van der Waals surface area contributed by atoms with E-state index < -0.39 is 6.10 Å². The molecule has 0 radical (unpaired) electrons. The smallest absolute Gasteiger partial charge is 0.267 e. The molecule has 152 valence electrons. The van der Waals surface area contributed by atoms with Crippen molar-refractivity contribution >= 4 is 5.91 Å². The zero-order valence-corrected chi connectivity index (χ0v) is 16.6. The number of benzene rings is 1. The SMILES string of the molecule is O=C(NC1CCC(n2nc3c(cc2=O)CCC3)CC1)C1OCCc2ccccc21. The summed E-state index contributed by atoms with van der Waals surface area (Å²) < 4.78 is 7.49. The molecule has 1 atom stereocenters. The first kappa shape index (κ1) is 18.6. The molecule has 1 aromatic carbocycles. The third-order valence-corrected chi connectivity index (χ3v) is 6.60. The summed E-state index contributed by atoms with van der Waals surface area (Å²) in [7, 11) is 0. The van der Waals surface area contributed by atoms with E-state index in [-0.39, 0.29) is 23.6 Å². The average Bonchev–Trinajstić information content (AvgIpc) is 3.20. The minimum absolute atomic E-state index is 0.0188. The maximum Gasteiger partial charge on any atom is 0.267 e. The van der Waals surface area contributed by atoms with E-state index in [4.69, 9.17) is 4.74 Å². The van der Waals surface area contributed by atoms with Gasteiger partial charge in [-0.3, -0.25) is 9.59 Å². The largest absolute Gasteiger partial charge is 0.363 e. The molecule has 2 heterocycles. The molecule has 29 heavy (non-hydrogen) atoms. The van der Waals surface area contributed by atoms with Crippen molar-refractivity contribution in [3.05, 3.63) is 63.1 Å². The molecular weight excluding hydrogens is 366 g/mol. The number of rotatable bonds is 3. The lowest BCUT2D eigenvalue weighted by Gasteiger charge is -2.32. The highest BCUT2D eigenvalue weighted by atomic mass is 16.5. The predicted octanol–water partition coefficient (Wildman–Crippen LogP) is 2.65. The maximum atomic E-state index is 12.9. The number of hydrogen-bond acceptors (Lipinski definition) is 4. The van der Waals surface area contributed by atoms with E-state index in [0.717, 1.165) is 68.2 Å². The number of ether oxygens (including phenoxy) is 1. The Labute approximate surface area is 170 Å². The van der Waals surface area contributed by atoms with Crippen LogP contribution in [-0.2, 0) is 28.8 Å². The lowest BCUT2D eigenvalue weighted by molar-refractivity contribution is -0.135. The fourth-order valence-corrected chi connectivity index (χ4v) is 5.03. The van der Waals surface area contributed by atoms with Crippen molar-refractivity contribution in [1.82, 2.24) is 15.1 Å². The Balaban J connectivity index is 1.22. The number of aromatic nitrogens is 2. The minimum Gasteiger partial charge on any atom is -0.363 e. The standard InChI is InChI=1S/C23H27N3O3/c27-21-14-16-5-3-7-20(16)25-26(21)18-10-8-17(9-11-18)24-23(28)22-19-6-2-1-4-15(19)12-13-29-22/h1-2,4,6,14,17-18,22H,3,5,7-13H2,(H,24,28). The van der Waals surface area contributed by atoms with Crippen LogP contribution in [0.5, 0.6) is 0 Å². The molecule has 2 aromatic rings. The Morgan fingerprint density at radius 1 is 1.07 bits per heavy atom. The molecule has 0 spiro atoms. The van der Waals surface area contributed by atoms with Gasteiger partial charge in [0.2, 0.25) is 0 Å². The van der Waals surface area contributed by atoms with Crippen LogP contribution in [0.15, 0.2) is 35.1 Å². The van der Waals surface area contributed by atoms with E-state index in [0.29, 0.717) is 6.61 Å². The molecule has 0 bridgehead atoms. The molecule has 1 saturated carbocycles. The number of amides is 1. The molecule has 3 aliphatic rings. The maximum absolute atomic E-state index is 12.9. The number of nitrogens with zero attached hydrogens (tertiary/aromatic N) is 2. The molecule has 5 rings (SSSR count). The zero-order valence-electron chi connectivity index (χ0n) is 16.6. The predicted molar refractivity (Wildman–Crippen MR) is 109 cm³/mol. The first-order valence-electron chi connectivity index (χ1n) is 10.8. The van der Waals surface area contributed by atoms with Crippen LogP contribution in [-0.4, -0.2) is 28.3 Å². The van der Waals surface area contributed by atoms with Crippen LogP contribution in [0, 0.1) is 0 Å². The van der Waals surface area contributed by atoms with Crippen molar-refractivity contribution in [2.75, 3.05) is 6.61 Å². The Morgan fingerprint density at radius 3 is 2.76 bits per heavy atom. The fraction of sp³-hybridized carbons (Fsp3) is 0.522. The molecular formula is C23H27N3O3. The van der Waals surface area contributed by atoms with Gasteiger partial charge in [0.15, 0.2) is 6.10 Å². The monoisotopic (exact) mass is 393 g/mol. The van der Waals surface area contributed by atoms with Crippen LogP contribution in [0.2, 0.25) is 0 Å². The quantitative estimate of drug-likeness (QED) is 0.870. The summed E-state index contributed by atoms with van der Waals surface area (Å²) in [6, 6.07) is 10.1. The summed E-state index contributed by atoms with van der Waals surface area (Å²) in [5.41, 5.74) is 4.42. The first-order valence-corrected chi connectivity index (χ1v) is 10.8. The van der Waals surface area contributed by atoms with Gasteiger partial charge in [0.05, 0.1) is 18.3 Å². The second kappa shape index (κ2) is 7.75. The normalized spacial score (nSPS) is 25.9. The van der Waals surface area contributed by atoms with Gasteiger partial charge in [-0.1, -0.05) is 24.3 Å². The number of carbonyl (C=O) groups excluding carboxylic acids is 1. The molecule has 1 aromatic heterocycles. The summed E-state index contributed by atoms with van der Waals surface area (Å²) >= 11 is 0. The highest BCUT2D eigenvalue weighted by Crippen LogP contribution is 2.30. The number of fused-ring (bicyclic) bond motifs is 2. The highest BCUT2D eigenvalue weighted by molar-refractivity contribution is 5.83. The molecule has 6 heteroatoms. The van der Waals surface area contributed by atoms with Crippen molar-refractivity contribution in [3.8, 4) is 0 Å². The van der Waals surface area contributed by atoms with Gasteiger partial charge >= 0.3 is 0 Å². The Kier molecular flexibility index (Phi) is 4.96. The van der Waals surface area contributed by atoms with Gasteiger partial charge in [0.25, 0.3) is 11.5 Å². The average molecular weight is 393 g/mol. The highest BCUT2D eigenvalue weighted by Gasteiger charge is 2.31. The number of aryl methyl sites for hydroxylation is 2. The summed E-state index contributed by atoms with van der Waals surface area (Å²) in [5.74, 6) is -0.0478. The first-order chi connectivity index (χ1) is 14.2. The Morgan fingerprint density at radius 2 is 1.90 bits per heavy atom. The van der Waals surface area contributed by atoms with Crippen molar-refractivity contribution in [2.45, 2.75) is 69.6 Å². The van der Waals surface area contributed by atoms with Gasteiger partial charge in [0, 0.05) is 12.1 Å². The van der Waals surface area contributed by atoms with Crippen molar-refractivity contribution in [1.29, 1.82) is 0 Å². The van der Waals surface area contributed by atoms with Crippen LogP contribution in [0.25, 0.3) is 0 Å². The van der Waals surface area contributed by atoms with Crippen molar-refractivity contribution < 1.29 is 9.53 Å². The molecule has 1 fully saturated rings. The Hall–Kier alpha value is -2.47. The van der Waals surface area contributed by atoms with E-state index in [1.165, 1.54) is 5.56 Å². The number of hydrogen-bond donors (Lipinski definition) is 1. The lowest BCUT2D eigenvalue weighted by atomic mass is 9.90. The van der Waals surface area contributed by atoms with E-state index >= 15 is 0 Å². The van der Waals surface area contributed by atoms with Gasteiger partial charge in [-0.15, -0.1) is 0 Å². The molecule has 2 aliphatic carbocycles. The molecule has 6 nitrogen and oxygen atoms in total. The molecule has 1 aliphatic heterocycles. The topological polar surface area (TPSA) is 73.2 Å². The third-order valence-electron chi connectivity index (χ3n) is 6.60. The molecule has 1 amide bonds. The summed E-state index contributed by atoms with van der Waals surface area (Å²) in [6.45, 7) is 0.578. The van der Waals surface area contributed by atoms with Crippen molar-refractivity contribution in [3.63, 3.8) is 0 Å². The zero-order chi connectivity index (χ0) is 19.8. The van der Waals surface area contributed by atoms with Crippen LogP contribution in [0.4, 0.5) is 0 Å². The van der Waals surface area contributed by atoms with Crippen LogP contribution < -0.4 is 10.9 Å². The van der Waals surface area contributed by atoms with Crippen LogP contribution in [0.1, 0.15) is 66.6 Å². The minimum atomic E-state index is -0.515. The van der Waals surface area contributed by atoms with Gasteiger partial charge in [-0.25, -0.2) is 4.68 Å². The molecule has 1 unspecified atom stereocenters.